The maximum atomic E-state index is 13.5. The smallest absolute Gasteiger partial charge is 0.261 e. The minimum atomic E-state index is -3.88. The molecule has 9 heteroatoms. The Morgan fingerprint density at radius 1 is 1.03 bits per heavy atom. The summed E-state index contributed by atoms with van der Waals surface area (Å²) in [5.41, 5.74) is 1.65. The maximum Gasteiger partial charge on any atom is 0.261 e. The molecule has 0 spiro atoms. The fraction of sp³-hybridized carbons (Fsp3) is 0.519. The summed E-state index contributed by atoms with van der Waals surface area (Å²) in [6.07, 6.45) is 0. The molecule has 198 valence electrons. The summed E-state index contributed by atoms with van der Waals surface area (Å²) in [4.78, 5) is 17.6. The van der Waals surface area contributed by atoms with E-state index in [9.17, 15) is 13.2 Å². The first kappa shape index (κ1) is 27.8. The predicted molar refractivity (Wildman–Crippen MR) is 146 cm³/mol. The molecule has 2 aromatic carbocycles. The Morgan fingerprint density at radius 2 is 1.64 bits per heavy atom. The van der Waals surface area contributed by atoms with Crippen molar-refractivity contribution in [3.63, 3.8) is 0 Å². The highest BCUT2D eigenvalue weighted by Gasteiger charge is 2.24. The van der Waals surface area contributed by atoms with E-state index < -0.39 is 10.0 Å². The molecule has 1 aliphatic heterocycles. The first-order valence-electron chi connectivity index (χ1n) is 12.8. The third-order valence-corrected chi connectivity index (χ3v) is 7.23. The molecule has 0 unspecified atom stereocenters. The monoisotopic (exact) mass is 516 g/mol. The zero-order valence-electron chi connectivity index (χ0n) is 22.1. The number of anilines is 2. The van der Waals surface area contributed by atoms with Crippen molar-refractivity contribution >= 4 is 27.3 Å². The number of rotatable bonds is 11. The number of hydrogen-bond donors (Lipinski definition) is 2. The fourth-order valence-corrected chi connectivity index (χ4v) is 5.39. The number of benzene rings is 2. The van der Waals surface area contributed by atoms with Gasteiger partial charge in [0.15, 0.2) is 0 Å². The number of amides is 1. The lowest BCUT2D eigenvalue weighted by molar-refractivity contribution is 0.0715. The predicted octanol–water partition coefficient (Wildman–Crippen LogP) is 4.05. The van der Waals surface area contributed by atoms with Gasteiger partial charge in [-0.2, -0.15) is 0 Å². The summed E-state index contributed by atoms with van der Waals surface area (Å²) < 4.78 is 34.9. The highest BCUT2D eigenvalue weighted by molar-refractivity contribution is 7.92. The van der Waals surface area contributed by atoms with Crippen molar-refractivity contribution in [1.29, 1.82) is 0 Å². The zero-order valence-corrected chi connectivity index (χ0v) is 22.9. The number of nitrogens with one attached hydrogen (secondary N) is 2. The van der Waals surface area contributed by atoms with Crippen molar-refractivity contribution in [2.75, 3.05) is 55.5 Å². The topological polar surface area (TPSA) is 91.0 Å². The van der Waals surface area contributed by atoms with E-state index in [4.69, 9.17) is 4.74 Å². The van der Waals surface area contributed by atoms with Gasteiger partial charge >= 0.3 is 0 Å². The average Bonchev–Trinajstić information content (AvgIpc) is 2.83. The molecule has 1 aliphatic rings. The lowest BCUT2D eigenvalue weighted by atomic mass is 10.1. The number of carbonyl (C=O) groups excluding carboxylic acids is 1. The van der Waals surface area contributed by atoms with Crippen LogP contribution in [0.2, 0.25) is 0 Å². The van der Waals surface area contributed by atoms with Gasteiger partial charge in [0.1, 0.15) is 5.75 Å². The SMILES string of the molecule is CCOc1ccc(S(=O)(=O)Nc2cc(C(=O)N(CC(C)C)CC(C)C)ccc2N2CCNCC2)cc1. The van der Waals surface area contributed by atoms with E-state index in [1.165, 1.54) is 12.1 Å². The summed E-state index contributed by atoms with van der Waals surface area (Å²) in [7, 11) is -3.88. The molecular formula is C27H40N4O4S. The molecular weight excluding hydrogens is 476 g/mol. The van der Waals surface area contributed by atoms with Crippen LogP contribution in [0, 0.1) is 11.8 Å². The Bertz CT molecular complexity index is 1100. The fourth-order valence-electron chi connectivity index (χ4n) is 4.32. The Kier molecular flexibility index (Phi) is 9.62. The van der Waals surface area contributed by atoms with E-state index in [1.807, 2.05) is 24.0 Å². The molecule has 1 fully saturated rings. The molecule has 36 heavy (non-hydrogen) atoms. The van der Waals surface area contributed by atoms with Crippen molar-refractivity contribution < 1.29 is 17.9 Å². The van der Waals surface area contributed by atoms with Crippen LogP contribution in [-0.2, 0) is 10.0 Å². The lowest BCUT2D eigenvalue weighted by Gasteiger charge is -2.32. The van der Waals surface area contributed by atoms with Gasteiger partial charge in [-0.1, -0.05) is 27.7 Å². The van der Waals surface area contributed by atoms with E-state index >= 15 is 0 Å². The van der Waals surface area contributed by atoms with Gasteiger partial charge in [-0.3, -0.25) is 9.52 Å². The van der Waals surface area contributed by atoms with Crippen LogP contribution in [0.5, 0.6) is 5.75 Å². The van der Waals surface area contributed by atoms with Crippen LogP contribution in [0.4, 0.5) is 11.4 Å². The van der Waals surface area contributed by atoms with Gasteiger partial charge in [-0.25, -0.2) is 8.42 Å². The van der Waals surface area contributed by atoms with Gasteiger partial charge in [-0.15, -0.1) is 0 Å². The molecule has 0 bridgehead atoms. The minimum Gasteiger partial charge on any atom is -0.494 e. The second-order valence-corrected chi connectivity index (χ2v) is 11.7. The highest BCUT2D eigenvalue weighted by Crippen LogP contribution is 2.31. The summed E-state index contributed by atoms with van der Waals surface area (Å²) in [5.74, 6) is 1.17. The van der Waals surface area contributed by atoms with Crippen molar-refractivity contribution in [1.82, 2.24) is 10.2 Å². The molecule has 8 nitrogen and oxygen atoms in total. The molecule has 0 radical (unpaired) electrons. The van der Waals surface area contributed by atoms with Crippen LogP contribution < -0.4 is 19.7 Å². The molecule has 1 amide bonds. The summed E-state index contributed by atoms with van der Waals surface area (Å²) in [6.45, 7) is 15.1. The van der Waals surface area contributed by atoms with Gasteiger partial charge in [0, 0.05) is 44.8 Å². The van der Waals surface area contributed by atoms with E-state index in [1.54, 1.807) is 18.2 Å². The Labute approximate surface area is 216 Å². The maximum absolute atomic E-state index is 13.5. The molecule has 0 aliphatic carbocycles. The quantitative estimate of drug-likeness (QED) is 0.468. The average molecular weight is 517 g/mol. The normalized spacial score (nSPS) is 14.2. The van der Waals surface area contributed by atoms with Crippen LogP contribution in [0.1, 0.15) is 45.0 Å². The third-order valence-electron chi connectivity index (χ3n) is 5.85. The molecule has 0 saturated carbocycles. The van der Waals surface area contributed by atoms with E-state index in [2.05, 4.69) is 42.6 Å². The summed E-state index contributed by atoms with van der Waals surface area (Å²) in [6, 6.07) is 11.7. The second kappa shape index (κ2) is 12.5. The van der Waals surface area contributed by atoms with E-state index in [-0.39, 0.29) is 10.8 Å². The minimum absolute atomic E-state index is 0.0919. The van der Waals surface area contributed by atoms with E-state index in [0.29, 0.717) is 48.5 Å². The summed E-state index contributed by atoms with van der Waals surface area (Å²) in [5, 5.41) is 3.32. The largest absolute Gasteiger partial charge is 0.494 e. The van der Waals surface area contributed by atoms with Crippen LogP contribution in [-0.4, -0.2) is 65.1 Å². The Morgan fingerprint density at radius 3 is 2.19 bits per heavy atom. The molecule has 0 aromatic heterocycles. The number of ether oxygens (including phenoxy) is 1. The standard InChI is InChI=1S/C27H40N4O4S/c1-6-35-23-8-10-24(11-9-23)36(33,34)29-25-17-22(7-12-26(25)30-15-13-28-14-16-30)27(32)31(18-20(2)3)19-21(4)5/h7-12,17,20-21,28-29H,6,13-16,18-19H2,1-5H3. The van der Waals surface area contributed by atoms with E-state index in [0.717, 1.165) is 31.9 Å². The van der Waals surface area contributed by atoms with Crippen LogP contribution >= 0.6 is 0 Å². The van der Waals surface area contributed by atoms with Crippen LogP contribution in [0.15, 0.2) is 47.4 Å². The zero-order chi connectivity index (χ0) is 26.3. The molecule has 0 atom stereocenters. The molecule has 1 heterocycles. The van der Waals surface area contributed by atoms with Crippen molar-refractivity contribution in [2.24, 2.45) is 11.8 Å². The number of hydrogen-bond acceptors (Lipinski definition) is 6. The van der Waals surface area contributed by atoms with Gasteiger partial charge in [0.05, 0.1) is 22.9 Å². The summed E-state index contributed by atoms with van der Waals surface area (Å²) >= 11 is 0. The first-order valence-corrected chi connectivity index (χ1v) is 14.2. The number of carbonyl (C=O) groups is 1. The van der Waals surface area contributed by atoms with Gasteiger partial charge < -0.3 is 19.9 Å². The van der Waals surface area contributed by atoms with Crippen LogP contribution in [0.25, 0.3) is 0 Å². The van der Waals surface area contributed by atoms with Gasteiger partial charge in [0.2, 0.25) is 0 Å². The van der Waals surface area contributed by atoms with Crippen molar-refractivity contribution in [3.05, 3.63) is 48.0 Å². The molecule has 2 aromatic rings. The van der Waals surface area contributed by atoms with Gasteiger partial charge in [-0.05, 0) is 61.2 Å². The van der Waals surface area contributed by atoms with Crippen LogP contribution in [0.3, 0.4) is 0 Å². The Balaban J connectivity index is 1.97. The molecule has 1 saturated heterocycles. The van der Waals surface area contributed by atoms with Crippen molar-refractivity contribution in [2.45, 2.75) is 39.5 Å². The molecule has 2 N–H and O–H groups in total. The second-order valence-electron chi connectivity index (χ2n) is 9.98. The Hall–Kier alpha value is -2.78. The highest BCUT2D eigenvalue weighted by atomic mass is 32.2. The first-order chi connectivity index (χ1) is 17.1. The number of sulfonamides is 1. The third kappa shape index (κ3) is 7.36. The van der Waals surface area contributed by atoms with Gasteiger partial charge in [0.25, 0.3) is 15.9 Å². The van der Waals surface area contributed by atoms with Crippen molar-refractivity contribution in [3.8, 4) is 5.75 Å². The molecule has 3 rings (SSSR count). The number of piperazine rings is 1. The lowest BCUT2D eigenvalue weighted by Crippen LogP contribution is -2.44. The number of nitrogens with zero attached hydrogens (tertiary/aromatic N) is 2.